The van der Waals surface area contributed by atoms with Gasteiger partial charge in [-0.3, -0.25) is 4.79 Å². The molecule has 0 aromatic heterocycles. The molecule has 4 heteroatoms. The normalized spacial score (nSPS) is 9.38. The van der Waals surface area contributed by atoms with E-state index >= 15 is 0 Å². The number of rotatable bonds is 3. The van der Waals surface area contributed by atoms with Crippen molar-refractivity contribution < 1.29 is 14.3 Å². The lowest BCUT2D eigenvalue weighted by atomic mass is 10.1. The highest BCUT2D eigenvalue weighted by atomic mass is 16.5. The highest BCUT2D eigenvalue weighted by Crippen LogP contribution is 2.17. The molecule has 0 aliphatic carbocycles. The van der Waals surface area contributed by atoms with E-state index in [9.17, 15) is 9.59 Å². The summed E-state index contributed by atoms with van der Waals surface area (Å²) < 4.78 is 4.59. The molecule has 0 saturated carbocycles. The number of ether oxygens (including phenoxy) is 1. The first-order valence-electron chi connectivity index (χ1n) is 4.71. The van der Waals surface area contributed by atoms with Crippen molar-refractivity contribution in [1.82, 2.24) is 0 Å². The SMILES string of the molecule is C=CC(=O)Nc1ccc(C(=O)OC)cc1C. The zero-order valence-corrected chi connectivity index (χ0v) is 9.24. The zero-order chi connectivity index (χ0) is 12.1. The number of methoxy groups -OCH3 is 1. The van der Waals surface area contributed by atoms with Crippen LogP contribution in [0.3, 0.4) is 0 Å². The van der Waals surface area contributed by atoms with Crippen LogP contribution in [-0.2, 0) is 9.53 Å². The number of carbonyl (C=O) groups is 2. The molecule has 16 heavy (non-hydrogen) atoms. The number of hydrogen-bond donors (Lipinski definition) is 1. The molecule has 0 unspecified atom stereocenters. The maximum Gasteiger partial charge on any atom is 0.337 e. The molecule has 0 atom stereocenters. The van der Waals surface area contributed by atoms with Gasteiger partial charge in [-0.2, -0.15) is 0 Å². The van der Waals surface area contributed by atoms with Crippen molar-refractivity contribution in [2.75, 3.05) is 12.4 Å². The molecule has 0 saturated heterocycles. The summed E-state index contributed by atoms with van der Waals surface area (Å²) in [7, 11) is 1.32. The van der Waals surface area contributed by atoms with Crippen LogP contribution in [-0.4, -0.2) is 19.0 Å². The fourth-order valence-corrected chi connectivity index (χ4v) is 1.23. The van der Waals surface area contributed by atoms with Gasteiger partial charge in [0.2, 0.25) is 5.91 Å². The maximum atomic E-state index is 11.2. The van der Waals surface area contributed by atoms with Crippen LogP contribution >= 0.6 is 0 Å². The minimum absolute atomic E-state index is 0.283. The fourth-order valence-electron chi connectivity index (χ4n) is 1.23. The van der Waals surface area contributed by atoms with Crippen LogP contribution in [0.5, 0.6) is 0 Å². The molecule has 0 heterocycles. The fraction of sp³-hybridized carbons (Fsp3) is 0.167. The molecule has 0 aliphatic rings. The summed E-state index contributed by atoms with van der Waals surface area (Å²) in [4.78, 5) is 22.3. The first-order valence-corrected chi connectivity index (χ1v) is 4.71. The Morgan fingerprint density at radius 1 is 1.44 bits per heavy atom. The Morgan fingerprint density at radius 2 is 2.12 bits per heavy atom. The number of benzene rings is 1. The number of anilines is 1. The van der Waals surface area contributed by atoms with Crippen molar-refractivity contribution in [3.63, 3.8) is 0 Å². The van der Waals surface area contributed by atoms with Crippen molar-refractivity contribution >= 4 is 17.6 Å². The maximum absolute atomic E-state index is 11.2. The monoisotopic (exact) mass is 219 g/mol. The number of hydrogen-bond acceptors (Lipinski definition) is 3. The Hall–Kier alpha value is -2.10. The van der Waals surface area contributed by atoms with Gasteiger partial charge in [-0.15, -0.1) is 0 Å². The molecule has 1 N–H and O–H groups in total. The summed E-state index contributed by atoms with van der Waals surface area (Å²) in [6.07, 6.45) is 1.19. The minimum atomic E-state index is -0.398. The van der Waals surface area contributed by atoms with E-state index in [1.165, 1.54) is 13.2 Å². The molecule has 1 aromatic carbocycles. The average molecular weight is 219 g/mol. The third kappa shape index (κ3) is 2.70. The Labute approximate surface area is 93.9 Å². The van der Waals surface area contributed by atoms with E-state index in [-0.39, 0.29) is 5.91 Å². The standard InChI is InChI=1S/C12H13NO3/c1-4-11(14)13-10-6-5-9(7-8(10)2)12(15)16-3/h4-7H,1H2,2-3H3,(H,13,14). The van der Waals surface area contributed by atoms with Gasteiger partial charge in [0.05, 0.1) is 12.7 Å². The molecule has 0 radical (unpaired) electrons. The van der Waals surface area contributed by atoms with Crippen LogP contribution in [0.25, 0.3) is 0 Å². The number of esters is 1. The van der Waals surface area contributed by atoms with E-state index in [1.807, 2.05) is 0 Å². The van der Waals surface area contributed by atoms with Crippen molar-refractivity contribution in [3.05, 3.63) is 42.0 Å². The van der Waals surface area contributed by atoms with Gasteiger partial charge in [-0.05, 0) is 36.8 Å². The van der Waals surface area contributed by atoms with E-state index < -0.39 is 5.97 Å². The van der Waals surface area contributed by atoms with Gasteiger partial charge in [-0.1, -0.05) is 6.58 Å². The van der Waals surface area contributed by atoms with Crippen LogP contribution in [0.1, 0.15) is 15.9 Å². The van der Waals surface area contributed by atoms with Crippen LogP contribution in [0, 0.1) is 6.92 Å². The Bertz CT molecular complexity index is 438. The van der Waals surface area contributed by atoms with Gasteiger partial charge in [0.25, 0.3) is 0 Å². The molecular formula is C12H13NO3. The minimum Gasteiger partial charge on any atom is -0.465 e. The first-order chi connectivity index (χ1) is 7.58. The Morgan fingerprint density at radius 3 is 2.62 bits per heavy atom. The number of nitrogens with one attached hydrogen (secondary N) is 1. The quantitative estimate of drug-likeness (QED) is 0.624. The molecule has 4 nitrogen and oxygen atoms in total. The Balaban J connectivity index is 2.95. The summed E-state index contributed by atoms with van der Waals surface area (Å²) in [5, 5.41) is 2.63. The molecule has 1 amide bonds. The zero-order valence-electron chi connectivity index (χ0n) is 9.24. The van der Waals surface area contributed by atoms with E-state index in [0.29, 0.717) is 11.3 Å². The van der Waals surface area contributed by atoms with E-state index in [2.05, 4.69) is 16.6 Å². The van der Waals surface area contributed by atoms with E-state index in [1.54, 1.807) is 25.1 Å². The van der Waals surface area contributed by atoms with Gasteiger partial charge in [0, 0.05) is 5.69 Å². The van der Waals surface area contributed by atoms with E-state index in [0.717, 1.165) is 5.56 Å². The Kier molecular flexibility index (Phi) is 3.83. The largest absolute Gasteiger partial charge is 0.465 e. The van der Waals surface area contributed by atoms with Crippen molar-refractivity contribution in [3.8, 4) is 0 Å². The van der Waals surface area contributed by atoms with Crippen LogP contribution in [0.2, 0.25) is 0 Å². The van der Waals surface area contributed by atoms with Crippen LogP contribution in [0.4, 0.5) is 5.69 Å². The summed E-state index contributed by atoms with van der Waals surface area (Å²) >= 11 is 0. The number of aryl methyl sites for hydroxylation is 1. The first kappa shape index (κ1) is 12.0. The summed E-state index contributed by atoms with van der Waals surface area (Å²) in [5.74, 6) is -0.682. The predicted octanol–water partition coefficient (Wildman–Crippen LogP) is 1.91. The van der Waals surface area contributed by atoms with Gasteiger partial charge in [-0.25, -0.2) is 4.79 Å². The molecule has 1 aromatic rings. The average Bonchev–Trinajstić information content (AvgIpc) is 2.30. The lowest BCUT2D eigenvalue weighted by molar-refractivity contribution is -0.111. The van der Waals surface area contributed by atoms with Gasteiger partial charge in [0.15, 0.2) is 0 Å². The van der Waals surface area contributed by atoms with Gasteiger partial charge >= 0.3 is 5.97 Å². The highest BCUT2D eigenvalue weighted by Gasteiger charge is 2.08. The van der Waals surface area contributed by atoms with Gasteiger partial charge < -0.3 is 10.1 Å². The number of carbonyl (C=O) groups excluding carboxylic acids is 2. The van der Waals surface area contributed by atoms with Gasteiger partial charge in [0.1, 0.15) is 0 Å². The molecule has 84 valence electrons. The van der Waals surface area contributed by atoms with Crippen LogP contribution in [0.15, 0.2) is 30.9 Å². The van der Waals surface area contributed by atoms with E-state index in [4.69, 9.17) is 0 Å². The van der Waals surface area contributed by atoms with Crippen molar-refractivity contribution in [2.45, 2.75) is 6.92 Å². The molecule has 1 rings (SSSR count). The second kappa shape index (κ2) is 5.11. The highest BCUT2D eigenvalue weighted by molar-refractivity contribution is 6.00. The molecule has 0 bridgehead atoms. The second-order valence-electron chi connectivity index (χ2n) is 3.21. The summed E-state index contributed by atoms with van der Waals surface area (Å²) in [6, 6.07) is 4.91. The lowest BCUT2D eigenvalue weighted by Gasteiger charge is -2.07. The summed E-state index contributed by atoms with van der Waals surface area (Å²) in [5.41, 5.74) is 1.90. The third-order valence-corrected chi connectivity index (χ3v) is 2.09. The lowest BCUT2D eigenvalue weighted by Crippen LogP contribution is -2.09. The second-order valence-corrected chi connectivity index (χ2v) is 3.21. The predicted molar refractivity (Wildman–Crippen MR) is 61.3 cm³/mol. The van der Waals surface area contributed by atoms with Crippen LogP contribution < -0.4 is 5.32 Å². The smallest absolute Gasteiger partial charge is 0.337 e. The van der Waals surface area contributed by atoms with Crippen molar-refractivity contribution in [1.29, 1.82) is 0 Å². The topological polar surface area (TPSA) is 55.4 Å². The third-order valence-electron chi connectivity index (χ3n) is 2.09. The molecular weight excluding hydrogens is 206 g/mol. The molecule has 0 fully saturated rings. The number of amides is 1. The molecule has 0 aliphatic heterocycles. The molecule has 0 spiro atoms. The van der Waals surface area contributed by atoms with Crippen molar-refractivity contribution in [2.24, 2.45) is 0 Å². The summed E-state index contributed by atoms with van der Waals surface area (Å²) in [6.45, 7) is 5.16.